The Morgan fingerprint density at radius 3 is 1.78 bits per heavy atom. The number of aromatic nitrogens is 1. The summed E-state index contributed by atoms with van der Waals surface area (Å²) in [5.41, 5.74) is -0.505. The predicted octanol–water partition coefficient (Wildman–Crippen LogP) is 7.24. The van der Waals surface area contributed by atoms with Gasteiger partial charge in [-0.1, -0.05) is 34.6 Å². The summed E-state index contributed by atoms with van der Waals surface area (Å²) in [5, 5.41) is 0.128. The number of carbonyl (C=O) groups excluding carboxylic acids is 2. The second kappa shape index (κ2) is 10.9. The van der Waals surface area contributed by atoms with Crippen LogP contribution in [-0.4, -0.2) is 55.9 Å². The Morgan fingerprint density at radius 2 is 1.38 bits per heavy atom. The highest BCUT2D eigenvalue weighted by atomic mass is 28.4. The van der Waals surface area contributed by atoms with Crippen LogP contribution >= 0.6 is 0 Å². The number of hydrogen-bond acceptors (Lipinski definition) is 7. The van der Waals surface area contributed by atoms with E-state index in [1.54, 1.807) is 47.7 Å². The summed E-state index contributed by atoms with van der Waals surface area (Å²) in [4.78, 5) is 34.0. The number of ether oxygens (including phenoxy) is 2. The smallest absolute Gasteiger partial charge is 0.424 e. The van der Waals surface area contributed by atoms with Gasteiger partial charge in [0.05, 0.1) is 18.0 Å². The van der Waals surface area contributed by atoms with Crippen LogP contribution in [0.15, 0.2) is 18.5 Å². The van der Waals surface area contributed by atoms with Crippen molar-refractivity contribution in [2.45, 2.75) is 112 Å². The lowest BCUT2D eigenvalue weighted by Crippen LogP contribution is -2.54. The molecule has 1 aromatic rings. The van der Waals surface area contributed by atoms with Gasteiger partial charge < -0.3 is 18.8 Å². The summed E-state index contributed by atoms with van der Waals surface area (Å²) >= 11 is 0. The number of pyridine rings is 1. The molecule has 37 heavy (non-hydrogen) atoms. The molecule has 1 aliphatic rings. The largest absolute Gasteiger partial charge is 0.443 e. The van der Waals surface area contributed by atoms with Crippen LogP contribution in [0.25, 0.3) is 0 Å². The maximum Gasteiger partial charge on any atom is 0.424 e. The highest BCUT2D eigenvalue weighted by Gasteiger charge is 2.44. The van der Waals surface area contributed by atoms with Crippen molar-refractivity contribution < 1.29 is 23.5 Å². The molecule has 9 heteroatoms. The van der Waals surface area contributed by atoms with Crippen LogP contribution in [0.3, 0.4) is 0 Å². The Morgan fingerprint density at radius 1 is 0.919 bits per heavy atom. The minimum Gasteiger partial charge on any atom is -0.443 e. The molecule has 0 saturated carbocycles. The van der Waals surface area contributed by atoms with E-state index < -0.39 is 31.7 Å². The molecule has 0 unspecified atom stereocenters. The third-order valence-corrected chi connectivity index (χ3v) is 11.4. The zero-order valence-corrected chi connectivity index (χ0v) is 26.3. The molecule has 2 rings (SSSR count). The molecular weight excluding hydrogens is 486 g/mol. The van der Waals surface area contributed by atoms with E-state index in [0.29, 0.717) is 5.69 Å². The molecular formula is C28H49N3O5Si. The van der Waals surface area contributed by atoms with Gasteiger partial charge in [-0.15, -0.1) is 0 Å². The van der Waals surface area contributed by atoms with Gasteiger partial charge in [-0.2, -0.15) is 4.90 Å². The highest BCUT2D eigenvalue weighted by Crippen LogP contribution is 2.41. The first-order valence-corrected chi connectivity index (χ1v) is 16.2. The molecule has 0 radical (unpaired) electrons. The van der Waals surface area contributed by atoms with Crippen LogP contribution < -0.4 is 9.80 Å². The average molecular weight is 536 g/mol. The summed E-state index contributed by atoms with van der Waals surface area (Å²) < 4.78 is 18.1. The first-order chi connectivity index (χ1) is 16.6. The van der Waals surface area contributed by atoms with Crippen LogP contribution in [0, 0.1) is 11.8 Å². The lowest BCUT2D eigenvalue weighted by Gasteiger charge is -2.48. The van der Waals surface area contributed by atoms with Crippen LogP contribution in [0.4, 0.5) is 21.0 Å². The number of carbonyl (C=O) groups is 2. The number of nitrogens with zero attached hydrogens (tertiary/aromatic N) is 3. The summed E-state index contributed by atoms with van der Waals surface area (Å²) in [5.74, 6) is 0.491. The van der Waals surface area contributed by atoms with Crippen LogP contribution in [0.1, 0.15) is 76.2 Å². The normalized spacial score (nSPS) is 21.4. The van der Waals surface area contributed by atoms with E-state index in [9.17, 15) is 9.59 Å². The van der Waals surface area contributed by atoms with Crippen molar-refractivity contribution in [2.75, 3.05) is 22.9 Å². The Balaban J connectivity index is 2.43. The maximum atomic E-state index is 13.3. The van der Waals surface area contributed by atoms with E-state index in [4.69, 9.17) is 13.9 Å². The second-order valence-corrected chi connectivity index (χ2v) is 18.6. The first-order valence-electron chi connectivity index (χ1n) is 13.3. The van der Waals surface area contributed by atoms with Crippen molar-refractivity contribution >= 4 is 31.9 Å². The zero-order chi connectivity index (χ0) is 28.6. The first kappa shape index (κ1) is 31.1. The van der Waals surface area contributed by atoms with Gasteiger partial charge in [-0.3, -0.25) is 4.98 Å². The minimum absolute atomic E-state index is 0.128. The van der Waals surface area contributed by atoms with Gasteiger partial charge in [-0.05, 0) is 77.6 Å². The van der Waals surface area contributed by atoms with E-state index in [0.717, 1.165) is 23.7 Å². The lowest BCUT2D eigenvalue weighted by molar-refractivity contribution is 0.0429. The fourth-order valence-corrected chi connectivity index (χ4v) is 5.69. The molecule has 0 aromatic carbocycles. The molecule has 0 bridgehead atoms. The number of piperidine rings is 1. The average Bonchev–Trinajstić information content (AvgIpc) is 2.67. The van der Waals surface area contributed by atoms with Crippen molar-refractivity contribution in [3.8, 4) is 0 Å². The van der Waals surface area contributed by atoms with Crippen molar-refractivity contribution in [1.82, 2.24) is 4.98 Å². The SMILES string of the molecule is C[C@@H]1CN(c2ccncc2N(C(=O)OC(C)(C)C)C(=O)OC(C)(C)C)C[C@H](C)[C@H]1O[Si](C)(C)C(C)(C)C. The number of hydrogen-bond donors (Lipinski definition) is 0. The number of amides is 2. The molecule has 3 atom stereocenters. The van der Waals surface area contributed by atoms with E-state index in [2.05, 4.69) is 57.6 Å². The fraction of sp³-hybridized carbons (Fsp3) is 0.750. The van der Waals surface area contributed by atoms with E-state index in [-0.39, 0.29) is 23.0 Å². The highest BCUT2D eigenvalue weighted by molar-refractivity contribution is 6.74. The minimum atomic E-state index is -1.94. The third kappa shape index (κ3) is 8.17. The molecule has 1 saturated heterocycles. The van der Waals surface area contributed by atoms with E-state index >= 15 is 0 Å². The molecule has 2 amide bonds. The molecule has 0 aliphatic carbocycles. The number of rotatable bonds is 4. The molecule has 0 N–H and O–H groups in total. The number of anilines is 2. The Kier molecular flexibility index (Phi) is 9.18. The van der Waals surface area contributed by atoms with Crippen LogP contribution in [0.5, 0.6) is 0 Å². The molecule has 0 spiro atoms. The predicted molar refractivity (Wildman–Crippen MR) is 152 cm³/mol. The molecule has 210 valence electrons. The second-order valence-electron chi connectivity index (χ2n) is 13.9. The van der Waals surface area contributed by atoms with Gasteiger partial charge in [0.25, 0.3) is 0 Å². The Hall–Kier alpha value is -2.13. The van der Waals surface area contributed by atoms with Crippen molar-refractivity contribution in [2.24, 2.45) is 11.8 Å². The topological polar surface area (TPSA) is 81.2 Å². The van der Waals surface area contributed by atoms with Gasteiger partial charge in [-0.25, -0.2) is 9.59 Å². The van der Waals surface area contributed by atoms with Crippen molar-refractivity contribution in [3.05, 3.63) is 18.5 Å². The molecule has 1 fully saturated rings. The van der Waals surface area contributed by atoms with Crippen molar-refractivity contribution in [3.63, 3.8) is 0 Å². The van der Waals surface area contributed by atoms with Crippen LogP contribution in [-0.2, 0) is 13.9 Å². The fourth-order valence-electron chi connectivity index (χ4n) is 4.19. The third-order valence-electron chi connectivity index (χ3n) is 6.89. The summed E-state index contributed by atoms with van der Waals surface area (Å²) in [6.07, 6.45) is 1.74. The Bertz CT molecular complexity index is 922. The standard InChI is InChI=1S/C28H49N3O5Si/c1-19-17-30(18-20(2)23(19)36-37(12,13)28(9,10)11)21-14-15-29-16-22(21)31(24(32)34-26(3,4)5)25(33)35-27(6,7)8/h14-16,19-20,23H,17-18H2,1-13H3/t19-,20+,23+. The van der Waals surface area contributed by atoms with Gasteiger partial charge in [0, 0.05) is 19.3 Å². The molecule has 1 aliphatic heterocycles. The molecule has 2 heterocycles. The molecule has 8 nitrogen and oxygen atoms in total. The van der Waals surface area contributed by atoms with E-state index in [1.807, 2.05) is 6.07 Å². The number of imide groups is 1. The monoisotopic (exact) mass is 535 g/mol. The Labute approximate surface area is 225 Å². The van der Waals surface area contributed by atoms with E-state index in [1.165, 1.54) is 6.20 Å². The van der Waals surface area contributed by atoms with Gasteiger partial charge >= 0.3 is 12.2 Å². The lowest BCUT2D eigenvalue weighted by atomic mass is 9.88. The van der Waals surface area contributed by atoms with Crippen LogP contribution in [0.2, 0.25) is 18.1 Å². The quantitative estimate of drug-likeness (QED) is 0.376. The summed E-state index contributed by atoms with van der Waals surface area (Å²) in [7, 11) is -1.94. The molecule has 1 aromatic heterocycles. The van der Waals surface area contributed by atoms with Crippen molar-refractivity contribution in [1.29, 1.82) is 0 Å². The summed E-state index contributed by atoms with van der Waals surface area (Å²) in [6.45, 7) is 27.8. The van der Waals surface area contributed by atoms with Gasteiger partial charge in [0.1, 0.15) is 16.9 Å². The van der Waals surface area contributed by atoms with Gasteiger partial charge in [0.2, 0.25) is 0 Å². The summed E-state index contributed by atoms with van der Waals surface area (Å²) in [6, 6.07) is 1.84. The maximum absolute atomic E-state index is 13.3. The zero-order valence-electron chi connectivity index (χ0n) is 25.3. The van der Waals surface area contributed by atoms with Gasteiger partial charge in [0.15, 0.2) is 8.32 Å².